The Morgan fingerprint density at radius 2 is 2.27 bits per heavy atom. The van der Waals surface area contributed by atoms with Crippen LogP contribution in [0.5, 0.6) is 0 Å². The summed E-state index contributed by atoms with van der Waals surface area (Å²) in [5.74, 6) is 0. The van der Waals surface area contributed by atoms with E-state index in [1.54, 1.807) is 6.92 Å². The van der Waals surface area contributed by atoms with E-state index in [9.17, 15) is 4.79 Å². The molecule has 0 rings (SSSR count). The van der Waals surface area contributed by atoms with Crippen LogP contribution in [0.4, 0.5) is 4.79 Å². The van der Waals surface area contributed by atoms with Gasteiger partial charge >= 0.3 is 6.09 Å². The molecular formula is C5H10N2O3S. The average molecular weight is 178 g/mol. The molecule has 0 aromatic heterocycles. The molecule has 0 spiro atoms. The number of alkyl carbamates (subject to hydrolysis) is 1. The number of amides is 1. The number of ether oxygens (including phenoxy) is 1. The normalized spacial score (nSPS) is 8.55. The van der Waals surface area contributed by atoms with Crippen molar-refractivity contribution >= 4 is 23.4 Å². The van der Waals surface area contributed by atoms with Gasteiger partial charge in [0.05, 0.1) is 13.7 Å². The molecule has 0 aliphatic rings. The Kier molecular flexibility index (Phi) is 5.40. The van der Waals surface area contributed by atoms with Gasteiger partial charge in [0.15, 0.2) is 5.11 Å². The number of carbonyl (C=O) groups excluding carboxylic acids is 1. The van der Waals surface area contributed by atoms with Gasteiger partial charge < -0.3 is 4.74 Å². The summed E-state index contributed by atoms with van der Waals surface area (Å²) in [4.78, 5) is 15.0. The average Bonchev–Trinajstić information content (AvgIpc) is 1.87. The molecular weight excluding hydrogens is 168 g/mol. The third-order valence-electron chi connectivity index (χ3n) is 0.686. The molecule has 0 radical (unpaired) electrons. The first kappa shape index (κ1) is 10.1. The maximum absolute atomic E-state index is 10.6. The summed E-state index contributed by atoms with van der Waals surface area (Å²) in [5.41, 5.74) is 2.25. The molecule has 0 saturated heterocycles. The van der Waals surface area contributed by atoms with E-state index in [1.807, 2.05) is 0 Å². The van der Waals surface area contributed by atoms with E-state index in [0.717, 1.165) is 0 Å². The molecule has 0 aliphatic heterocycles. The first-order valence-electron chi connectivity index (χ1n) is 2.97. The van der Waals surface area contributed by atoms with E-state index >= 15 is 0 Å². The van der Waals surface area contributed by atoms with E-state index in [2.05, 4.69) is 32.6 Å². The zero-order valence-corrected chi connectivity index (χ0v) is 7.16. The van der Waals surface area contributed by atoms with Crippen LogP contribution >= 0.6 is 12.2 Å². The second-order valence-electron chi connectivity index (χ2n) is 1.48. The molecule has 0 unspecified atom stereocenters. The van der Waals surface area contributed by atoms with Gasteiger partial charge in [-0.15, -0.1) is 0 Å². The predicted octanol–water partition coefficient (Wildman–Crippen LogP) is 0.168. The maximum Gasteiger partial charge on any atom is 0.413 e. The summed E-state index contributed by atoms with van der Waals surface area (Å²) >= 11 is 4.60. The monoisotopic (exact) mass is 178 g/mol. The number of thiocarbonyl (C=S) groups is 1. The highest BCUT2D eigenvalue weighted by Crippen LogP contribution is 1.76. The molecule has 0 aromatic rings. The van der Waals surface area contributed by atoms with Gasteiger partial charge in [0, 0.05) is 0 Å². The molecule has 5 nitrogen and oxygen atoms in total. The van der Waals surface area contributed by atoms with E-state index in [4.69, 9.17) is 0 Å². The van der Waals surface area contributed by atoms with Crippen molar-refractivity contribution in [3.63, 3.8) is 0 Å². The fraction of sp³-hybridized carbons (Fsp3) is 0.600. The van der Waals surface area contributed by atoms with Gasteiger partial charge in [0.25, 0.3) is 0 Å². The van der Waals surface area contributed by atoms with Crippen molar-refractivity contribution in [1.29, 1.82) is 0 Å². The van der Waals surface area contributed by atoms with E-state index in [0.29, 0.717) is 6.61 Å². The molecule has 0 atom stereocenters. The van der Waals surface area contributed by atoms with Gasteiger partial charge in [-0.2, -0.15) is 0 Å². The standard InChI is InChI=1S/C5H10N2O3S/c1-3-10-5(8)6-4(11)7-9-2/h3H2,1-2H3,(H2,6,7,8,11). The van der Waals surface area contributed by atoms with Crippen molar-refractivity contribution < 1.29 is 14.4 Å². The van der Waals surface area contributed by atoms with Gasteiger partial charge in [0.1, 0.15) is 0 Å². The first-order chi connectivity index (χ1) is 5.20. The highest BCUT2D eigenvalue weighted by molar-refractivity contribution is 7.80. The Morgan fingerprint density at radius 1 is 1.64 bits per heavy atom. The van der Waals surface area contributed by atoms with E-state index in [1.165, 1.54) is 7.11 Å². The van der Waals surface area contributed by atoms with Gasteiger partial charge in [-0.05, 0) is 19.1 Å². The maximum atomic E-state index is 10.6. The quantitative estimate of drug-likeness (QED) is 0.466. The van der Waals surface area contributed by atoms with Gasteiger partial charge in [-0.3, -0.25) is 10.2 Å². The molecule has 0 bridgehead atoms. The third-order valence-corrected chi connectivity index (χ3v) is 0.871. The summed E-state index contributed by atoms with van der Waals surface area (Å²) in [5, 5.41) is 2.29. The Hall–Kier alpha value is -0.880. The summed E-state index contributed by atoms with van der Waals surface area (Å²) < 4.78 is 4.53. The van der Waals surface area contributed by atoms with Crippen molar-refractivity contribution in [1.82, 2.24) is 10.8 Å². The highest BCUT2D eigenvalue weighted by atomic mass is 32.1. The lowest BCUT2D eigenvalue weighted by atomic mass is 10.8. The molecule has 6 heteroatoms. The number of hydrogen-bond donors (Lipinski definition) is 2. The summed E-state index contributed by atoms with van der Waals surface area (Å²) in [6, 6.07) is 0. The Bertz CT molecular complexity index is 135. The SMILES string of the molecule is CCOC(=O)NC(=S)NOC. The Balaban J connectivity index is 3.49. The molecule has 1 amide bonds. The molecule has 0 fully saturated rings. The Morgan fingerprint density at radius 3 is 2.73 bits per heavy atom. The van der Waals surface area contributed by atoms with Gasteiger partial charge in [0.2, 0.25) is 0 Å². The van der Waals surface area contributed by atoms with Crippen LogP contribution < -0.4 is 10.8 Å². The number of nitrogens with one attached hydrogen (secondary N) is 2. The number of hydrogen-bond acceptors (Lipinski definition) is 4. The van der Waals surface area contributed by atoms with Crippen molar-refractivity contribution in [2.45, 2.75) is 6.92 Å². The third kappa shape index (κ3) is 5.56. The zero-order valence-electron chi connectivity index (χ0n) is 6.34. The largest absolute Gasteiger partial charge is 0.450 e. The number of hydroxylamine groups is 1. The van der Waals surface area contributed by atoms with Gasteiger partial charge in [-0.1, -0.05) is 0 Å². The lowest BCUT2D eigenvalue weighted by Crippen LogP contribution is -2.38. The molecule has 0 saturated carbocycles. The minimum absolute atomic E-state index is 0.0750. The minimum atomic E-state index is -0.595. The molecule has 0 heterocycles. The van der Waals surface area contributed by atoms with Gasteiger partial charge in [-0.25, -0.2) is 10.3 Å². The minimum Gasteiger partial charge on any atom is -0.450 e. The molecule has 11 heavy (non-hydrogen) atoms. The summed E-state index contributed by atoms with van der Waals surface area (Å²) in [6.07, 6.45) is -0.595. The van der Waals surface area contributed by atoms with Crippen LogP contribution in [0.2, 0.25) is 0 Å². The number of carbonyl (C=O) groups is 1. The van der Waals surface area contributed by atoms with Crippen molar-refractivity contribution in [2.24, 2.45) is 0 Å². The van der Waals surface area contributed by atoms with Crippen LogP contribution in [0, 0.1) is 0 Å². The van der Waals surface area contributed by atoms with Crippen LogP contribution in [0.3, 0.4) is 0 Å². The van der Waals surface area contributed by atoms with E-state index in [-0.39, 0.29) is 5.11 Å². The van der Waals surface area contributed by atoms with E-state index < -0.39 is 6.09 Å². The molecule has 64 valence electrons. The first-order valence-corrected chi connectivity index (χ1v) is 3.38. The molecule has 0 aliphatic carbocycles. The highest BCUT2D eigenvalue weighted by Gasteiger charge is 2.01. The lowest BCUT2D eigenvalue weighted by molar-refractivity contribution is 0.137. The fourth-order valence-corrected chi connectivity index (χ4v) is 0.545. The van der Waals surface area contributed by atoms with Crippen LogP contribution in [0.15, 0.2) is 0 Å². The Labute approximate surface area is 70.0 Å². The van der Waals surface area contributed by atoms with Crippen LogP contribution in [0.25, 0.3) is 0 Å². The van der Waals surface area contributed by atoms with Crippen molar-refractivity contribution in [2.75, 3.05) is 13.7 Å². The second kappa shape index (κ2) is 5.87. The predicted molar refractivity (Wildman–Crippen MR) is 42.9 cm³/mol. The van der Waals surface area contributed by atoms with Crippen molar-refractivity contribution in [3.8, 4) is 0 Å². The van der Waals surface area contributed by atoms with Crippen LogP contribution in [-0.2, 0) is 9.57 Å². The second-order valence-corrected chi connectivity index (χ2v) is 1.89. The number of rotatable bonds is 2. The lowest BCUT2D eigenvalue weighted by Gasteiger charge is -2.05. The van der Waals surface area contributed by atoms with Crippen LogP contribution in [-0.4, -0.2) is 24.9 Å². The fourth-order valence-electron chi connectivity index (χ4n) is 0.378. The summed E-state index contributed by atoms with van der Waals surface area (Å²) in [7, 11) is 1.39. The van der Waals surface area contributed by atoms with Crippen LogP contribution in [0.1, 0.15) is 6.92 Å². The molecule has 0 aromatic carbocycles. The summed E-state index contributed by atoms with van der Waals surface area (Å²) in [6.45, 7) is 2.01. The van der Waals surface area contributed by atoms with Crippen molar-refractivity contribution in [3.05, 3.63) is 0 Å². The topological polar surface area (TPSA) is 59.6 Å². The zero-order chi connectivity index (χ0) is 8.69. The smallest absolute Gasteiger partial charge is 0.413 e. The molecule has 2 N–H and O–H groups in total.